The first-order valence-corrected chi connectivity index (χ1v) is 9.58. The van der Waals surface area contributed by atoms with Crippen LogP contribution in [0.25, 0.3) is 0 Å². The molecule has 1 heterocycles. The molecular formula is C18H23Cl3N2O. The summed E-state index contributed by atoms with van der Waals surface area (Å²) in [5, 5.41) is 4.37. The van der Waals surface area contributed by atoms with Crippen LogP contribution in [0, 0.1) is 0 Å². The van der Waals surface area contributed by atoms with Crippen LogP contribution in [-0.2, 0) is 4.74 Å². The predicted molar refractivity (Wildman–Crippen MR) is 102 cm³/mol. The topological polar surface area (TPSA) is 24.5 Å². The molecule has 24 heavy (non-hydrogen) atoms. The van der Waals surface area contributed by atoms with Crippen molar-refractivity contribution in [1.82, 2.24) is 10.2 Å². The fourth-order valence-corrected chi connectivity index (χ4v) is 4.35. The Labute approximate surface area is 159 Å². The van der Waals surface area contributed by atoms with Gasteiger partial charge in [-0.25, -0.2) is 0 Å². The Kier molecular flexibility index (Phi) is 6.33. The minimum atomic E-state index is -0.0248. The number of halogens is 3. The molecule has 1 saturated heterocycles. The Hall–Kier alpha value is -0.450. The summed E-state index contributed by atoms with van der Waals surface area (Å²) in [5.41, 5.74) is 2.34. The summed E-state index contributed by atoms with van der Waals surface area (Å²) in [7, 11) is 1.74. The molecule has 3 aliphatic rings. The molecule has 4 atom stereocenters. The quantitative estimate of drug-likeness (QED) is 0.740. The Morgan fingerprint density at radius 3 is 2.71 bits per heavy atom. The Bertz CT molecular complexity index is 583. The van der Waals surface area contributed by atoms with Gasteiger partial charge >= 0.3 is 0 Å². The number of ether oxygens (including phenoxy) is 1. The van der Waals surface area contributed by atoms with Crippen molar-refractivity contribution in [1.29, 1.82) is 0 Å². The largest absolute Gasteiger partial charge is 0.383 e. The zero-order valence-electron chi connectivity index (χ0n) is 13.7. The van der Waals surface area contributed by atoms with E-state index in [2.05, 4.69) is 34.5 Å². The van der Waals surface area contributed by atoms with Gasteiger partial charge in [0.05, 0.1) is 40.2 Å². The monoisotopic (exact) mass is 388 g/mol. The van der Waals surface area contributed by atoms with Gasteiger partial charge in [-0.1, -0.05) is 35.9 Å². The van der Waals surface area contributed by atoms with Crippen molar-refractivity contribution in [2.75, 3.05) is 26.8 Å². The molecule has 0 saturated carbocycles. The third-order valence-corrected chi connectivity index (χ3v) is 5.61. The second-order valence-electron chi connectivity index (χ2n) is 6.32. The molecule has 0 bridgehead atoms. The molecule has 1 N–H and O–H groups in total. The highest BCUT2D eigenvalue weighted by molar-refractivity contribution is 6.33. The summed E-state index contributed by atoms with van der Waals surface area (Å²) < 4.78 is 5.45. The van der Waals surface area contributed by atoms with Crippen LogP contribution in [0.15, 0.2) is 46.7 Å². The van der Waals surface area contributed by atoms with Gasteiger partial charge in [0.25, 0.3) is 0 Å². The number of rotatable bonds is 4. The van der Waals surface area contributed by atoms with E-state index in [-0.39, 0.29) is 22.8 Å². The van der Waals surface area contributed by atoms with Crippen molar-refractivity contribution in [3.63, 3.8) is 0 Å². The zero-order valence-corrected chi connectivity index (χ0v) is 16.0. The summed E-state index contributed by atoms with van der Waals surface area (Å²) in [6.07, 6.45) is 12.2. The lowest BCUT2D eigenvalue weighted by Gasteiger charge is -2.46. The van der Waals surface area contributed by atoms with Gasteiger partial charge in [0.15, 0.2) is 0 Å². The molecule has 0 aromatic carbocycles. The molecule has 0 aromatic heterocycles. The lowest BCUT2D eigenvalue weighted by atomic mass is 9.90. The number of methoxy groups -OCH3 is 1. The van der Waals surface area contributed by atoms with Crippen LogP contribution < -0.4 is 5.32 Å². The molecule has 1 aliphatic heterocycles. The van der Waals surface area contributed by atoms with Crippen molar-refractivity contribution in [2.45, 2.75) is 35.7 Å². The van der Waals surface area contributed by atoms with E-state index in [1.54, 1.807) is 7.11 Å². The standard InChI is InChI=1S/C18H23Cl3N2O/c1-24-11-16-18(12-2-4-13(19)5-3-12)23(9-8-22-16)17-7-6-14(20)10-15(17)21/h2-4,7,10,13-14,16,18,22H,5-6,8-9,11H2,1H3/t13?,14?,16-,18+/m1/s1. The van der Waals surface area contributed by atoms with Crippen LogP contribution in [0.4, 0.5) is 0 Å². The lowest BCUT2D eigenvalue weighted by Crippen LogP contribution is -2.59. The van der Waals surface area contributed by atoms with E-state index in [0.29, 0.717) is 6.61 Å². The molecule has 1 fully saturated rings. The van der Waals surface area contributed by atoms with E-state index in [9.17, 15) is 0 Å². The van der Waals surface area contributed by atoms with Gasteiger partial charge in [-0.3, -0.25) is 0 Å². The van der Waals surface area contributed by atoms with Gasteiger partial charge in [0.2, 0.25) is 0 Å². The van der Waals surface area contributed by atoms with E-state index >= 15 is 0 Å². The van der Waals surface area contributed by atoms with Gasteiger partial charge in [-0.15, -0.1) is 23.2 Å². The molecule has 2 aliphatic carbocycles. The number of hydrogen-bond donors (Lipinski definition) is 1. The maximum atomic E-state index is 6.52. The highest BCUT2D eigenvalue weighted by Gasteiger charge is 2.36. The molecule has 2 unspecified atom stereocenters. The van der Waals surface area contributed by atoms with Gasteiger partial charge in [-0.05, 0) is 24.5 Å². The summed E-state index contributed by atoms with van der Waals surface area (Å²) in [5.74, 6) is 0. The van der Waals surface area contributed by atoms with Crippen molar-refractivity contribution >= 4 is 34.8 Å². The fraction of sp³-hybridized carbons (Fsp3) is 0.556. The third-order valence-electron chi connectivity index (χ3n) is 4.66. The van der Waals surface area contributed by atoms with Crippen molar-refractivity contribution < 1.29 is 4.74 Å². The first-order valence-electron chi connectivity index (χ1n) is 8.33. The van der Waals surface area contributed by atoms with Gasteiger partial charge in [-0.2, -0.15) is 0 Å². The first kappa shape index (κ1) is 18.3. The smallest absolute Gasteiger partial charge is 0.0715 e. The summed E-state index contributed by atoms with van der Waals surface area (Å²) in [6, 6.07) is 0.366. The van der Waals surface area contributed by atoms with Crippen molar-refractivity contribution in [3.8, 4) is 0 Å². The predicted octanol–water partition coefficient (Wildman–Crippen LogP) is 3.79. The second-order valence-corrected chi connectivity index (χ2v) is 7.85. The highest BCUT2D eigenvalue weighted by Crippen LogP contribution is 2.34. The minimum absolute atomic E-state index is 0.0248. The molecule has 3 nitrogen and oxygen atoms in total. The van der Waals surface area contributed by atoms with Gasteiger partial charge in [0.1, 0.15) is 0 Å². The average Bonchev–Trinajstić information content (AvgIpc) is 2.56. The fourth-order valence-electron chi connectivity index (χ4n) is 3.57. The van der Waals surface area contributed by atoms with Crippen molar-refractivity contribution in [2.24, 2.45) is 0 Å². The van der Waals surface area contributed by atoms with E-state index in [0.717, 1.165) is 36.7 Å². The molecule has 0 aromatic rings. The molecular weight excluding hydrogens is 367 g/mol. The van der Waals surface area contributed by atoms with Crippen LogP contribution in [0.1, 0.15) is 12.8 Å². The number of nitrogens with zero attached hydrogens (tertiary/aromatic N) is 1. The normalized spacial score (nSPS) is 33.8. The number of alkyl halides is 2. The highest BCUT2D eigenvalue weighted by atomic mass is 35.5. The third kappa shape index (κ3) is 4.03. The summed E-state index contributed by atoms with van der Waals surface area (Å²) >= 11 is 18.9. The van der Waals surface area contributed by atoms with E-state index in [1.807, 2.05) is 6.08 Å². The molecule has 0 amide bonds. The summed E-state index contributed by atoms with van der Waals surface area (Å²) in [6.45, 7) is 2.43. The number of piperazine rings is 1. The average molecular weight is 390 g/mol. The SMILES string of the molecule is COC[C@H]1NCCN(C2=CCC(Cl)C=C2Cl)[C@H]1C1=CCC(Cl)C=C1. The lowest BCUT2D eigenvalue weighted by molar-refractivity contribution is 0.103. The molecule has 0 spiro atoms. The Morgan fingerprint density at radius 1 is 1.25 bits per heavy atom. The van der Waals surface area contributed by atoms with E-state index < -0.39 is 0 Å². The van der Waals surface area contributed by atoms with Gasteiger partial charge in [0, 0.05) is 20.2 Å². The Balaban J connectivity index is 1.91. The van der Waals surface area contributed by atoms with E-state index in [4.69, 9.17) is 39.5 Å². The number of hydrogen-bond acceptors (Lipinski definition) is 3. The zero-order chi connectivity index (χ0) is 17.1. The number of allylic oxidation sites excluding steroid dienone is 5. The molecule has 6 heteroatoms. The van der Waals surface area contributed by atoms with Crippen LogP contribution in [0.5, 0.6) is 0 Å². The van der Waals surface area contributed by atoms with Crippen LogP contribution >= 0.6 is 34.8 Å². The van der Waals surface area contributed by atoms with Crippen LogP contribution in [0.3, 0.4) is 0 Å². The molecule has 3 rings (SSSR count). The number of nitrogens with one attached hydrogen (secondary N) is 1. The van der Waals surface area contributed by atoms with Gasteiger partial charge < -0.3 is 15.0 Å². The maximum Gasteiger partial charge on any atom is 0.0715 e. The first-order chi connectivity index (χ1) is 11.6. The molecule has 0 radical (unpaired) electrons. The van der Waals surface area contributed by atoms with E-state index in [1.165, 1.54) is 5.57 Å². The Morgan fingerprint density at radius 2 is 2.04 bits per heavy atom. The van der Waals surface area contributed by atoms with Crippen molar-refractivity contribution in [3.05, 3.63) is 46.7 Å². The maximum absolute atomic E-state index is 6.52. The molecule has 132 valence electrons. The second kappa shape index (κ2) is 8.29. The van der Waals surface area contributed by atoms with Crippen LogP contribution in [-0.4, -0.2) is 54.5 Å². The summed E-state index contributed by atoms with van der Waals surface area (Å²) in [4.78, 5) is 2.38. The minimum Gasteiger partial charge on any atom is -0.383 e. The van der Waals surface area contributed by atoms with Crippen LogP contribution in [0.2, 0.25) is 0 Å².